The molecule has 0 saturated heterocycles. The Bertz CT molecular complexity index is 1270. The van der Waals surface area contributed by atoms with Crippen molar-refractivity contribution >= 4 is 5.91 Å². The molecule has 0 bridgehead atoms. The molecule has 4 aromatic rings. The van der Waals surface area contributed by atoms with E-state index in [9.17, 15) is 14.0 Å². The second-order valence-corrected chi connectivity index (χ2v) is 7.32. The van der Waals surface area contributed by atoms with Crippen molar-refractivity contribution in [3.05, 3.63) is 107 Å². The van der Waals surface area contributed by atoms with Gasteiger partial charge in [-0.1, -0.05) is 42.5 Å². The number of nitrogens with one attached hydrogen (secondary N) is 1. The monoisotopic (exact) mass is 443 g/mol. The van der Waals surface area contributed by atoms with Gasteiger partial charge in [0.15, 0.2) is 6.61 Å². The fourth-order valence-corrected chi connectivity index (χ4v) is 3.26. The maximum Gasteiger partial charge on any atom is 0.266 e. The van der Waals surface area contributed by atoms with E-state index in [-0.39, 0.29) is 37.0 Å². The lowest BCUT2D eigenvalue weighted by Crippen LogP contribution is -2.34. The van der Waals surface area contributed by atoms with Gasteiger partial charge in [-0.05, 0) is 53.6 Å². The van der Waals surface area contributed by atoms with Gasteiger partial charge in [-0.15, -0.1) is 0 Å². The SMILES string of the molecule is O=C(COc1ccc(-c2ccccc2)cc1)NCCn1nc(-c2ccc(F)cc2)ccc1=O. The van der Waals surface area contributed by atoms with E-state index >= 15 is 0 Å². The van der Waals surface area contributed by atoms with Crippen LogP contribution in [0.25, 0.3) is 22.4 Å². The summed E-state index contributed by atoms with van der Waals surface area (Å²) in [6.45, 7) is 0.281. The first-order chi connectivity index (χ1) is 16.1. The molecule has 0 unspecified atom stereocenters. The first-order valence-electron chi connectivity index (χ1n) is 10.5. The number of aromatic nitrogens is 2. The van der Waals surface area contributed by atoms with E-state index in [1.165, 1.54) is 22.9 Å². The Balaban J connectivity index is 1.27. The summed E-state index contributed by atoms with van der Waals surface area (Å²) in [7, 11) is 0. The summed E-state index contributed by atoms with van der Waals surface area (Å²) in [6.07, 6.45) is 0. The van der Waals surface area contributed by atoms with Gasteiger partial charge in [0, 0.05) is 18.2 Å². The first-order valence-corrected chi connectivity index (χ1v) is 10.5. The van der Waals surface area contributed by atoms with Gasteiger partial charge in [0.25, 0.3) is 11.5 Å². The van der Waals surface area contributed by atoms with Gasteiger partial charge in [-0.3, -0.25) is 9.59 Å². The lowest BCUT2D eigenvalue weighted by Gasteiger charge is -2.10. The Kier molecular flexibility index (Phi) is 6.90. The van der Waals surface area contributed by atoms with Gasteiger partial charge in [0.05, 0.1) is 12.2 Å². The van der Waals surface area contributed by atoms with Crippen molar-refractivity contribution in [2.75, 3.05) is 13.2 Å². The van der Waals surface area contributed by atoms with Gasteiger partial charge in [-0.2, -0.15) is 5.10 Å². The number of hydrogen-bond donors (Lipinski definition) is 1. The van der Waals surface area contributed by atoms with Crippen molar-refractivity contribution < 1.29 is 13.9 Å². The molecule has 33 heavy (non-hydrogen) atoms. The van der Waals surface area contributed by atoms with E-state index in [0.717, 1.165) is 11.1 Å². The summed E-state index contributed by atoms with van der Waals surface area (Å²) in [4.78, 5) is 24.2. The predicted molar refractivity (Wildman–Crippen MR) is 124 cm³/mol. The number of benzene rings is 3. The lowest BCUT2D eigenvalue weighted by molar-refractivity contribution is -0.123. The maximum atomic E-state index is 13.1. The number of carbonyl (C=O) groups excluding carboxylic acids is 1. The minimum absolute atomic E-state index is 0.136. The quantitative estimate of drug-likeness (QED) is 0.448. The van der Waals surface area contributed by atoms with Crippen LogP contribution in [0.2, 0.25) is 0 Å². The molecule has 1 amide bonds. The highest BCUT2D eigenvalue weighted by molar-refractivity contribution is 5.77. The molecule has 1 heterocycles. The molecule has 0 aliphatic rings. The average molecular weight is 443 g/mol. The number of ether oxygens (including phenoxy) is 1. The Hall–Kier alpha value is -4.26. The zero-order valence-electron chi connectivity index (χ0n) is 17.8. The van der Waals surface area contributed by atoms with Crippen LogP contribution < -0.4 is 15.6 Å². The minimum Gasteiger partial charge on any atom is -0.484 e. The van der Waals surface area contributed by atoms with Crippen LogP contribution in [-0.2, 0) is 11.3 Å². The van der Waals surface area contributed by atoms with Crippen LogP contribution in [0, 0.1) is 5.82 Å². The largest absolute Gasteiger partial charge is 0.484 e. The normalized spacial score (nSPS) is 10.6. The third-order valence-corrected chi connectivity index (χ3v) is 4.98. The molecule has 0 atom stereocenters. The number of halogens is 1. The smallest absolute Gasteiger partial charge is 0.266 e. The molecule has 6 nitrogen and oxygen atoms in total. The predicted octanol–water partition coefficient (Wildman–Crippen LogP) is 3.91. The van der Waals surface area contributed by atoms with Crippen molar-refractivity contribution in [3.8, 4) is 28.1 Å². The van der Waals surface area contributed by atoms with Crippen LogP contribution in [0.5, 0.6) is 5.75 Å². The Morgan fingerprint density at radius 1 is 0.848 bits per heavy atom. The van der Waals surface area contributed by atoms with E-state index in [0.29, 0.717) is 17.0 Å². The highest BCUT2D eigenvalue weighted by Gasteiger charge is 2.06. The van der Waals surface area contributed by atoms with Gasteiger partial charge in [0.2, 0.25) is 0 Å². The van der Waals surface area contributed by atoms with E-state index in [2.05, 4.69) is 10.4 Å². The molecular weight excluding hydrogens is 421 g/mol. The maximum absolute atomic E-state index is 13.1. The molecule has 4 rings (SSSR count). The zero-order valence-corrected chi connectivity index (χ0v) is 17.8. The second kappa shape index (κ2) is 10.4. The molecule has 0 saturated carbocycles. The van der Waals surface area contributed by atoms with E-state index < -0.39 is 0 Å². The van der Waals surface area contributed by atoms with Crippen LogP contribution in [-0.4, -0.2) is 28.8 Å². The van der Waals surface area contributed by atoms with Crippen molar-refractivity contribution in [1.82, 2.24) is 15.1 Å². The third-order valence-electron chi connectivity index (χ3n) is 4.98. The molecule has 0 radical (unpaired) electrons. The summed E-state index contributed by atoms with van der Waals surface area (Å²) in [5, 5.41) is 7.01. The van der Waals surface area contributed by atoms with Crippen LogP contribution in [0.3, 0.4) is 0 Å². The number of nitrogens with zero attached hydrogens (tertiary/aromatic N) is 2. The van der Waals surface area contributed by atoms with Crippen LogP contribution in [0.15, 0.2) is 95.8 Å². The highest BCUT2D eigenvalue weighted by Crippen LogP contribution is 2.22. The van der Waals surface area contributed by atoms with Crippen LogP contribution in [0.1, 0.15) is 0 Å². The van der Waals surface area contributed by atoms with Gasteiger partial charge in [0.1, 0.15) is 11.6 Å². The molecule has 1 N–H and O–H groups in total. The zero-order chi connectivity index (χ0) is 23.0. The molecule has 1 aromatic heterocycles. The highest BCUT2D eigenvalue weighted by atomic mass is 19.1. The van der Waals surface area contributed by atoms with Gasteiger partial charge < -0.3 is 10.1 Å². The summed E-state index contributed by atoms with van der Waals surface area (Å²) in [5.41, 5.74) is 3.12. The third kappa shape index (κ3) is 5.92. The van der Waals surface area contributed by atoms with Crippen molar-refractivity contribution in [3.63, 3.8) is 0 Å². The Labute approximate surface area is 190 Å². The number of rotatable bonds is 8. The molecule has 0 fully saturated rings. The molecule has 166 valence electrons. The van der Waals surface area contributed by atoms with E-state index in [4.69, 9.17) is 4.74 Å². The molecule has 0 aliphatic heterocycles. The molecular formula is C26H22FN3O3. The fraction of sp³-hybridized carbons (Fsp3) is 0.115. The van der Waals surface area contributed by atoms with Crippen LogP contribution >= 0.6 is 0 Å². The molecule has 0 aliphatic carbocycles. The molecule has 7 heteroatoms. The summed E-state index contributed by atoms with van der Waals surface area (Å²) in [6, 6.07) is 26.3. The number of hydrogen-bond acceptors (Lipinski definition) is 4. The first kappa shape index (κ1) is 22.0. The summed E-state index contributed by atoms with van der Waals surface area (Å²) < 4.78 is 19.9. The van der Waals surface area contributed by atoms with Crippen molar-refractivity contribution in [2.45, 2.75) is 6.54 Å². The minimum atomic E-state index is -0.343. The Morgan fingerprint density at radius 2 is 1.52 bits per heavy atom. The van der Waals surface area contributed by atoms with Crippen molar-refractivity contribution in [1.29, 1.82) is 0 Å². The molecule has 0 spiro atoms. The number of amides is 1. The lowest BCUT2D eigenvalue weighted by atomic mass is 10.1. The molecule has 3 aromatic carbocycles. The van der Waals surface area contributed by atoms with Crippen LogP contribution in [0.4, 0.5) is 4.39 Å². The second-order valence-electron chi connectivity index (χ2n) is 7.32. The van der Waals surface area contributed by atoms with Crippen molar-refractivity contribution in [2.24, 2.45) is 0 Å². The van der Waals surface area contributed by atoms with Gasteiger partial charge >= 0.3 is 0 Å². The topological polar surface area (TPSA) is 73.2 Å². The van der Waals surface area contributed by atoms with E-state index in [1.807, 2.05) is 54.6 Å². The standard InChI is InChI=1S/C26H22FN3O3/c27-22-10-6-21(7-11-22)24-14-15-26(32)30(29-24)17-16-28-25(31)18-33-23-12-8-20(9-13-23)19-4-2-1-3-5-19/h1-15H,16-18H2,(H,28,31). The summed E-state index contributed by atoms with van der Waals surface area (Å²) >= 11 is 0. The fourth-order valence-electron chi connectivity index (χ4n) is 3.26. The van der Waals surface area contributed by atoms with E-state index in [1.54, 1.807) is 18.2 Å². The summed E-state index contributed by atoms with van der Waals surface area (Å²) in [5.74, 6) is -0.0521. The number of carbonyl (C=O) groups is 1. The van der Waals surface area contributed by atoms with Gasteiger partial charge in [-0.25, -0.2) is 9.07 Å². The average Bonchev–Trinajstić information content (AvgIpc) is 2.85. The Morgan fingerprint density at radius 3 is 2.24 bits per heavy atom.